The summed E-state index contributed by atoms with van der Waals surface area (Å²) >= 11 is 0. The molecule has 3 rings (SSSR count). The highest BCUT2D eigenvalue weighted by Crippen LogP contribution is 2.38. The van der Waals surface area contributed by atoms with Crippen LogP contribution in [0, 0.1) is 0 Å². The van der Waals surface area contributed by atoms with E-state index in [-0.39, 0.29) is 0 Å². The van der Waals surface area contributed by atoms with Gasteiger partial charge in [-0.2, -0.15) is 0 Å². The van der Waals surface area contributed by atoms with Crippen LogP contribution in [0.5, 0.6) is 11.5 Å². The number of nitrogens with one attached hydrogen (secondary N) is 1. The minimum absolute atomic E-state index is 0.548. The highest BCUT2D eigenvalue weighted by molar-refractivity contribution is 5.74. The van der Waals surface area contributed by atoms with Gasteiger partial charge in [-0.05, 0) is 18.1 Å². The van der Waals surface area contributed by atoms with E-state index in [2.05, 4.69) is 5.43 Å². The van der Waals surface area contributed by atoms with Gasteiger partial charge in [0.25, 0.3) is 0 Å². The summed E-state index contributed by atoms with van der Waals surface area (Å²) in [5.41, 5.74) is 4.57. The van der Waals surface area contributed by atoms with Crippen LogP contribution in [0.25, 0.3) is 5.57 Å². The molecule has 0 saturated carbocycles. The molecule has 0 aliphatic carbocycles. The molecule has 6 heteroatoms. The first-order valence-corrected chi connectivity index (χ1v) is 6.56. The number of para-hydroxylation sites is 1. The first-order chi connectivity index (χ1) is 9.74. The van der Waals surface area contributed by atoms with Crippen molar-refractivity contribution in [1.82, 2.24) is 10.4 Å². The van der Waals surface area contributed by atoms with Crippen molar-refractivity contribution < 1.29 is 19.4 Å². The average molecular weight is 276 g/mol. The molecule has 2 heterocycles. The first kappa shape index (κ1) is 12.8. The average Bonchev–Trinajstić information content (AvgIpc) is 2.47. The fraction of sp³-hybridized carbons (Fsp3) is 0.357. The van der Waals surface area contributed by atoms with Crippen molar-refractivity contribution in [3.05, 3.63) is 29.8 Å². The Hall–Kier alpha value is -2.21. The van der Waals surface area contributed by atoms with Gasteiger partial charge < -0.3 is 14.6 Å². The number of hydrazine groups is 1. The van der Waals surface area contributed by atoms with Crippen LogP contribution < -0.4 is 14.9 Å². The van der Waals surface area contributed by atoms with E-state index < -0.39 is 6.09 Å². The number of hydrogen-bond acceptors (Lipinski definition) is 4. The molecule has 106 valence electrons. The molecule has 1 amide bonds. The molecular formula is C14H16N2O4. The third-order valence-electron chi connectivity index (χ3n) is 3.38. The molecule has 6 nitrogen and oxygen atoms in total. The standard InChI is InChI=1S/C14H16N2O4/c17-14(18)15-16-6-4-10(5-7-16)11-2-1-3-12-13(11)20-9-8-19-12/h1-4,15H,5-9H2,(H,17,18). The van der Waals surface area contributed by atoms with Crippen LogP contribution in [0.4, 0.5) is 4.79 Å². The summed E-state index contributed by atoms with van der Waals surface area (Å²) in [4.78, 5) is 10.6. The van der Waals surface area contributed by atoms with E-state index in [4.69, 9.17) is 14.6 Å². The van der Waals surface area contributed by atoms with Gasteiger partial charge in [0.1, 0.15) is 13.2 Å². The predicted octanol–water partition coefficient (Wildman–Crippen LogP) is 1.73. The van der Waals surface area contributed by atoms with Gasteiger partial charge in [0.15, 0.2) is 11.5 Å². The molecule has 0 aromatic heterocycles. The van der Waals surface area contributed by atoms with E-state index in [0.29, 0.717) is 26.3 Å². The molecule has 20 heavy (non-hydrogen) atoms. The summed E-state index contributed by atoms with van der Waals surface area (Å²) in [6.07, 6.45) is 1.75. The van der Waals surface area contributed by atoms with Crippen LogP contribution in [0.2, 0.25) is 0 Å². The number of carboxylic acid groups (broad SMARTS) is 1. The highest BCUT2D eigenvalue weighted by atomic mass is 16.6. The number of hydrogen-bond donors (Lipinski definition) is 2. The van der Waals surface area contributed by atoms with E-state index >= 15 is 0 Å². The third-order valence-corrected chi connectivity index (χ3v) is 3.38. The third kappa shape index (κ3) is 2.55. The van der Waals surface area contributed by atoms with Gasteiger partial charge in [0.2, 0.25) is 0 Å². The molecule has 0 spiro atoms. The second-order valence-electron chi connectivity index (χ2n) is 4.67. The maximum Gasteiger partial charge on any atom is 0.419 e. The number of nitrogens with zero attached hydrogens (tertiary/aromatic N) is 1. The number of amides is 1. The molecular weight excluding hydrogens is 260 g/mol. The van der Waals surface area contributed by atoms with E-state index in [1.807, 2.05) is 24.3 Å². The van der Waals surface area contributed by atoms with Crippen molar-refractivity contribution in [1.29, 1.82) is 0 Å². The molecule has 0 radical (unpaired) electrons. The van der Waals surface area contributed by atoms with E-state index in [0.717, 1.165) is 29.1 Å². The number of carbonyl (C=O) groups is 1. The lowest BCUT2D eigenvalue weighted by atomic mass is 9.98. The first-order valence-electron chi connectivity index (χ1n) is 6.56. The molecule has 2 aliphatic heterocycles. The number of ether oxygens (including phenoxy) is 2. The summed E-state index contributed by atoms with van der Waals surface area (Å²) in [5.74, 6) is 1.57. The summed E-state index contributed by atoms with van der Waals surface area (Å²) in [5, 5.41) is 10.4. The SMILES string of the molecule is O=C(O)NN1CC=C(c2cccc3c2OCCO3)CC1. The van der Waals surface area contributed by atoms with Gasteiger partial charge in [0.05, 0.1) is 0 Å². The molecule has 0 unspecified atom stereocenters. The number of fused-ring (bicyclic) bond motifs is 1. The van der Waals surface area contributed by atoms with Crippen molar-refractivity contribution in [2.24, 2.45) is 0 Å². The lowest BCUT2D eigenvalue weighted by molar-refractivity contribution is 0.146. The van der Waals surface area contributed by atoms with Gasteiger partial charge in [-0.25, -0.2) is 9.80 Å². The van der Waals surface area contributed by atoms with E-state index in [9.17, 15) is 4.79 Å². The van der Waals surface area contributed by atoms with Gasteiger partial charge in [-0.15, -0.1) is 0 Å². The second kappa shape index (κ2) is 5.42. The Labute approximate surface area is 116 Å². The van der Waals surface area contributed by atoms with Crippen LogP contribution in [0.15, 0.2) is 24.3 Å². The predicted molar refractivity (Wildman–Crippen MR) is 72.8 cm³/mol. The van der Waals surface area contributed by atoms with Crippen molar-refractivity contribution >= 4 is 11.7 Å². The largest absolute Gasteiger partial charge is 0.486 e. The van der Waals surface area contributed by atoms with Crippen LogP contribution in [0.1, 0.15) is 12.0 Å². The van der Waals surface area contributed by atoms with Crippen molar-refractivity contribution in [2.75, 3.05) is 26.3 Å². The smallest absolute Gasteiger partial charge is 0.419 e. The van der Waals surface area contributed by atoms with Crippen molar-refractivity contribution in [2.45, 2.75) is 6.42 Å². The van der Waals surface area contributed by atoms with Crippen LogP contribution in [0.3, 0.4) is 0 Å². The van der Waals surface area contributed by atoms with Crippen LogP contribution in [-0.4, -0.2) is 42.5 Å². The number of rotatable bonds is 2. The summed E-state index contributed by atoms with van der Waals surface area (Å²) in [7, 11) is 0. The Morgan fingerprint density at radius 3 is 2.90 bits per heavy atom. The van der Waals surface area contributed by atoms with Crippen molar-refractivity contribution in [3.8, 4) is 11.5 Å². The fourth-order valence-corrected chi connectivity index (χ4v) is 2.48. The molecule has 1 aromatic rings. The zero-order valence-corrected chi connectivity index (χ0v) is 11.0. The minimum Gasteiger partial charge on any atom is -0.486 e. The Kier molecular flexibility index (Phi) is 3.47. The monoisotopic (exact) mass is 276 g/mol. The summed E-state index contributed by atoms with van der Waals surface area (Å²) in [6, 6.07) is 5.87. The highest BCUT2D eigenvalue weighted by Gasteiger charge is 2.21. The summed E-state index contributed by atoms with van der Waals surface area (Å²) in [6.45, 7) is 2.32. The van der Waals surface area contributed by atoms with Gasteiger partial charge in [-0.3, -0.25) is 5.43 Å². The molecule has 0 bridgehead atoms. The Morgan fingerprint density at radius 1 is 1.30 bits per heavy atom. The zero-order valence-electron chi connectivity index (χ0n) is 11.0. The van der Waals surface area contributed by atoms with Crippen molar-refractivity contribution in [3.63, 3.8) is 0 Å². The Balaban J connectivity index is 1.81. The Bertz CT molecular complexity index is 556. The maximum atomic E-state index is 10.6. The van der Waals surface area contributed by atoms with E-state index in [1.165, 1.54) is 0 Å². The van der Waals surface area contributed by atoms with E-state index in [1.54, 1.807) is 5.01 Å². The van der Waals surface area contributed by atoms with Gasteiger partial charge in [0, 0.05) is 18.7 Å². The molecule has 0 atom stereocenters. The normalized spacial score (nSPS) is 18.3. The van der Waals surface area contributed by atoms with Gasteiger partial charge in [-0.1, -0.05) is 18.2 Å². The summed E-state index contributed by atoms with van der Waals surface area (Å²) < 4.78 is 11.3. The number of benzene rings is 1. The molecule has 0 saturated heterocycles. The molecule has 1 aromatic carbocycles. The lowest BCUT2D eigenvalue weighted by Crippen LogP contribution is -2.43. The minimum atomic E-state index is -1.03. The maximum absolute atomic E-state index is 10.6. The Morgan fingerprint density at radius 2 is 2.15 bits per heavy atom. The van der Waals surface area contributed by atoms with Crippen LogP contribution >= 0.6 is 0 Å². The van der Waals surface area contributed by atoms with Gasteiger partial charge >= 0.3 is 6.09 Å². The quantitative estimate of drug-likeness (QED) is 0.860. The molecule has 2 N–H and O–H groups in total. The molecule has 0 fully saturated rings. The fourth-order valence-electron chi connectivity index (χ4n) is 2.48. The van der Waals surface area contributed by atoms with Crippen LogP contribution in [-0.2, 0) is 0 Å². The molecule has 2 aliphatic rings. The second-order valence-corrected chi connectivity index (χ2v) is 4.67. The lowest BCUT2D eigenvalue weighted by Gasteiger charge is -2.27. The zero-order chi connectivity index (χ0) is 13.9. The topological polar surface area (TPSA) is 71.0 Å².